The fourth-order valence-corrected chi connectivity index (χ4v) is 7.73. The number of benzene rings is 6. The molecule has 6 nitrogen and oxygen atoms in total. The van der Waals surface area contributed by atoms with Crippen LogP contribution in [-0.2, 0) is 47.9 Å². The number of carbonyl (C=O) groups excluding carboxylic acids is 3. The van der Waals surface area contributed by atoms with E-state index in [0.717, 1.165) is 82.9 Å². The van der Waals surface area contributed by atoms with Crippen molar-refractivity contribution in [2.24, 2.45) is 0 Å². The normalized spacial score (nSPS) is 10.4. The standard InChI is InChI=1S/C18H19ClO2.2C17H17ClO2/c1-11-9-12(2)18(14-5-7-15(19)8-6-14)13(3)16(11)10-17(20)21-4;1-11-4-9-15(13-5-7-14(18)8-6-13)12(2)16(11)10-17(19)20-3;1-11-8-12(2)16(9-14(11)10-17(19)20-3)13-4-6-15(18)7-5-13/h5-9H,10H2,1-4H3;2*4-9H,10H2,1-3H3. The molecule has 61 heavy (non-hydrogen) atoms. The summed E-state index contributed by atoms with van der Waals surface area (Å²) >= 11 is 17.8. The predicted octanol–water partition coefficient (Wildman–Crippen LogP) is 13.3. The molecule has 6 rings (SSSR count). The second kappa shape index (κ2) is 22.4. The zero-order chi connectivity index (χ0) is 45.0. The number of methoxy groups -OCH3 is 3. The second-order valence-electron chi connectivity index (χ2n) is 14.9. The number of esters is 3. The minimum atomic E-state index is -0.223. The fourth-order valence-electron chi connectivity index (χ4n) is 7.35. The quantitative estimate of drug-likeness (QED) is 0.106. The highest BCUT2D eigenvalue weighted by Gasteiger charge is 2.16. The van der Waals surface area contributed by atoms with E-state index in [9.17, 15) is 14.4 Å². The van der Waals surface area contributed by atoms with E-state index in [1.807, 2.05) is 107 Å². The van der Waals surface area contributed by atoms with Crippen LogP contribution in [0.15, 0.2) is 103 Å². The van der Waals surface area contributed by atoms with Gasteiger partial charge in [0.05, 0.1) is 40.6 Å². The molecule has 0 aliphatic carbocycles. The van der Waals surface area contributed by atoms with Crippen LogP contribution in [0.5, 0.6) is 0 Å². The van der Waals surface area contributed by atoms with Gasteiger partial charge in [0.15, 0.2) is 0 Å². The third-order valence-electron chi connectivity index (χ3n) is 10.8. The maximum atomic E-state index is 11.6. The summed E-state index contributed by atoms with van der Waals surface area (Å²) in [5.74, 6) is -0.657. The average molecular weight is 880 g/mol. The van der Waals surface area contributed by atoms with Crippen LogP contribution in [-0.4, -0.2) is 39.2 Å². The van der Waals surface area contributed by atoms with E-state index in [-0.39, 0.29) is 17.9 Å². The van der Waals surface area contributed by atoms with Gasteiger partial charge in [0.2, 0.25) is 0 Å². The summed E-state index contributed by atoms with van der Waals surface area (Å²) in [5.41, 5.74) is 17.7. The first-order chi connectivity index (χ1) is 29.0. The Hall–Kier alpha value is -5.40. The highest BCUT2D eigenvalue weighted by molar-refractivity contribution is 6.31. The summed E-state index contributed by atoms with van der Waals surface area (Å²) in [5, 5.41) is 2.15. The van der Waals surface area contributed by atoms with Crippen molar-refractivity contribution in [3.05, 3.63) is 174 Å². The molecular formula is C52H53Cl3O6. The lowest BCUT2D eigenvalue weighted by atomic mass is 9.88. The SMILES string of the molecule is COC(=O)Cc1c(C)cc(C)c(-c2ccc(Cl)cc2)c1C.COC(=O)Cc1c(C)ccc(-c2ccc(Cl)cc2)c1C.COC(=O)Cc1cc(-c2ccc(Cl)cc2)c(C)cc1C. The van der Waals surface area contributed by atoms with Crippen molar-refractivity contribution >= 4 is 52.7 Å². The van der Waals surface area contributed by atoms with E-state index in [1.165, 1.54) is 32.5 Å². The third kappa shape index (κ3) is 13.0. The van der Waals surface area contributed by atoms with Crippen LogP contribution in [0.1, 0.15) is 55.6 Å². The first-order valence-electron chi connectivity index (χ1n) is 19.7. The van der Waals surface area contributed by atoms with Crippen molar-refractivity contribution in [1.82, 2.24) is 0 Å². The summed E-state index contributed by atoms with van der Waals surface area (Å²) in [6.07, 6.45) is 0.897. The van der Waals surface area contributed by atoms with Crippen LogP contribution in [0, 0.1) is 48.5 Å². The Kier molecular flexibility index (Phi) is 17.8. The lowest BCUT2D eigenvalue weighted by Crippen LogP contribution is -2.09. The first-order valence-corrected chi connectivity index (χ1v) is 20.9. The van der Waals surface area contributed by atoms with Gasteiger partial charge in [0.25, 0.3) is 0 Å². The number of carbonyl (C=O) groups is 3. The lowest BCUT2D eigenvalue weighted by molar-refractivity contribution is -0.140. The summed E-state index contributed by atoms with van der Waals surface area (Å²) in [7, 11) is 4.24. The Morgan fingerprint density at radius 3 is 1.30 bits per heavy atom. The molecule has 0 unspecified atom stereocenters. The third-order valence-corrected chi connectivity index (χ3v) is 11.5. The molecule has 0 radical (unpaired) electrons. The Bertz CT molecular complexity index is 2450. The van der Waals surface area contributed by atoms with Gasteiger partial charge >= 0.3 is 17.9 Å². The molecule has 0 N–H and O–H groups in total. The fraction of sp³-hybridized carbons (Fsp3) is 0.250. The molecule has 0 saturated carbocycles. The molecule has 0 amide bonds. The van der Waals surface area contributed by atoms with Crippen molar-refractivity contribution in [3.63, 3.8) is 0 Å². The Labute approximate surface area is 375 Å². The van der Waals surface area contributed by atoms with E-state index < -0.39 is 0 Å². The van der Waals surface area contributed by atoms with Crippen LogP contribution in [0.25, 0.3) is 33.4 Å². The Morgan fingerprint density at radius 1 is 0.410 bits per heavy atom. The molecule has 6 aromatic rings. The molecule has 0 heterocycles. The van der Waals surface area contributed by atoms with Gasteiger partial charge in [-0.15, -0.1) is 0 Å². The highest BCUT2D eigenvalue weighted by Crippen LogP contribution is 2.33. The zero-order valence-electron chi connectivity index (χ0n) is 36.5. The van der Waals surface area contributed by atoms with E-state index in [2.05, 4.69) is 45.0 Å². The Balaban J connectivity index is 0.000000202. The monoisotopic (exact) mass is 878 g/mol. The van der Waals surface area contributed by atoms with Crippen molar-refractivity contribution in [2.45, 2.75) is 67.7 Å². The van der Waals surface area contributed by atoms with Gasteiger partial charge in [0.1, 0.15) is 0 Å². The van der Waals surface area contributed by atoms with Crippen LogP contribution >= 0.6 is 34.8 Å². The minimum absolute atomic E-state index is 0.216. The van der Waals surface area contributed by atoms with Gasteiger partial charge in [0, 0.05) is 15.1 Å². The molecule has 0 fully saturated rings. The van der Waals surface area contributed by atoms with Gasteiger partial charge in [-0.1, -0.05) is 102 Å². The number of aryl methyl sites for hydroxylation is 5. The maximum absolute atomic E-state index is 11.6. The zero-order valence-corrected chi connectivity index (χ0v) is 38.8. The van der Waals surface area contributed by atoms with E-state index in [4.69, 9.17) is 49.0 Å². The number of rotatable bonds is 9. The van der Waals surface area contributed by atoms with Crippen LogP contribution in [0.2, 0.25) is 15.1 Å². The minimum Gasteiger partial charge on any atom is -0.469 e. The molecule has 0 aliphatic rings. The van der Waals surface area contributed by atoms with Crippen LogP contribution in [0.4, 0.5) is 0 Å². The number of hydrogen-bond acceptors (Lipinski definition) is 6. The molecule has 0 aromatic heterocycles. The average Bonchev–Trinajstić information content (AvgIpc) is 3.23. The topological polar surface area (TPSA) is 78.9 Å². The smallest absolute Gasteiger partial charge is 0.309 e. The van der Waals surface area contributed by atoms with Gasteiger partial charge in [-0.05, 0) is 174 Å². The van der Waals surface area contributed by atoms with Crippen molar-refractivity contribution in [3.8, 4) is 33.4 Å². The molecule has 6 aromatic carbocycles. The maximum Gasteiger partial charge on any atom is 0.309 e. The predicted molar refractivity (Wildman–Crippen MR) is 251 cm³/mol. The van der Waals surface area contributed by atoms with Gasteiger partial charge in [-0.2, -0.15) is 0 Å². The summed E-state index contributed by atoms with van der Waals surface area (Å²) in [6.45, 7) is 14.3. The molecular weight excluding hydrogens is 827 g/mol. The van der Waals surface area contributed by atoms with E-state index in [0.29, 0.717) is 29.3 Å². The molecule has 318 valence electrons. The van der Waals surface area contributed by atoms with Crippen LogP contribution < -0.4 is 0 Å². The van der Waals surface area contributed by atoms with Crippen molar-refractivity contribution in [2.75, 3.05) is 21.3 Å². The molecule has 0 spiro atoms. The van der Waals surface area contributed by atoms with Gasteiger partial charge in [-0.3, -0.25) is 14.4 Å². The number of hydrogen-bond donors (Lipinski definition) is 0. The van der Waals surface area contributed by atoms with E-state index >= 15 is 0 Å². The number of halogens is 3. The van der Waals surface area contributed by atoms with Crippen LogP contribution in [0.3, 0.4) is 0 Å². The van der Waals surface area contributed by atoms with Crippen molar-refractivity contribution in [1.29, 1.82) is 0 Å². The largest absolute Gasteiger partial charge is 0.469 e. The molecule has 0 atom stereocenters. The molecule has 9 heteroatoms. The summed E-state index contributed by atoms with van der Waals surface area (Å²) < 4.78 is 14.3. The second-order valence-corrected chi connectivity index (χ2v) is 16.2. The molecule has 0 aliphatic heterocycles. The molecule has 0 bridgehead atoms. The lowest BCUT2D eigenvalue weighted by Gasteiger charge is -2.17. The van der Waals surface area contributed by atoms with E-state index in [1.54, 1.807) is 0 Å². The number of ether oxygens (including phenoxy) is 3. The first kappa shape index (κ1) is 48.3. The molecule has 0 saturated heterocycles. The van der Waals surface area contributed by atoms with Crippen molar-refractivity contribution < 1.29 is 28.6 Å². The highest BCUT2D eigenvalue weighted by atomic mass is 35.5. The summed E-state index contributed by atoms with van der Waals surface area (Å²) in [4.78, 5) is 34.6. The van der Waals surface area contributed by atoms with Gasteiger partial charge < -0.3 is 14.2 Å². The summed E-state index contributed by atoms with van der Waals surface area (Å²) in [6, 6.07) is 33.6. The van der Waals surface area contributed by atoms with Gasteiger partial charge in [-0.25, -0.2) is 0 Å². The Morgan fingerprint density at radius 2 is 0.820 bits per heavy atom.